The molecule has 3 fully saturated rings. The Hall–Kier alpha value is -2.84. The smallest absolute Gasteiger partial charge is 0.308 e. The highest BCUT2D eigenvalue weighted by Crippen LogP contribution is 2.67. The third-order valence-corrected chi connectivity index (χ3v) is 10.1. The first-order chi connectivity index (χ1) is 17.2. The van der Waals surface area contributed by atoms with Gasteiger partial charge >= 0.3 is 5.97 Å². The Morgan fingerprint density at radius 2 is 1.97 bits per heavy atom. The van der Waals surface area contributed by atoms with Gasteiger partial charge in [0.05, 0.1) is 29.2 Å². The average Bonchev–Trinajstić information content (AvgIpc) is 3.50. The van der Waals surface area contributed by atoms with Gasteiger partial charge in [-0.1, -0.05) is 50.3 Å². The first-order valence-electron chi connectivity index (χ1n) is 12.5. The van der Waals surface area contributed by atoms with Gasteiger partial charge in [0.25, 0.3) is 5.91 Å². The highest BCUT2D eigenvalue weighted by Gasteiger charge is 2.74. The molecule has 5 rings (SSSR count). The summed E-state index contributed by atoms with van der Waals surface area (Å²) in [5.74, 6) is -3.26. The molecule has 2 N–H and O–H groups in total. The molecule has 6 atom stereocenters. The van der Waals surface area contributed by atoms with Crippen molar-refractivity contribution in [1.82, 2.24) is 4.90 Å². The SMILES string of the molecule is C=CCN(C(=O)C1N([C@@H](CO)C(C)C)C(=O)[C@@H]2[C@@H](C(=O)O)[C@H]3CCC12S3)c1ccc2ccccc2c1. The topological polar surface area (TPSA) is 98.2 Å². The van der Waals surface area contributed by atoms with Crippen molar-refractivity contribution in [3.8, 4) is 0 Å². The number of anilines is 1. The molecular weight excluding hydrogens is 476 g/mol. The van der Waals surface area contributed by atoms with Crippen molar-refractivity contribution in [3.05, 3.63) is 55.1 Å². The van der Waals surface area contributed by atoms with Crippen LogP contribution in [0.2, 0.25) is 0 Å². The summed E-state index contributed by atoms with van der Waals surface area (Å²) in [6.07, 6.45) is 2.92. The summed E-state index contributed by atoms with van der Waals surface area (Å²) in [5.41, 5.74) is 0.697. The minimum atomic E-state index is -0.983. The lowest BCUT2D eigenvalue weighted by Crippen LogP contribution is -2.58. The van der Waals surface area contributed by atoms with Crippen LogP contribution in [0.25, 0.3) is 10.8 Å². The van der Waals surface area contributed by atoms with E-state index in [9.17, 15) is 24.6 Å². The molecule has 2 bridgehead atoms. The first kappa shape index (κ1) is 24.8. The molecule has 1 spiro atoms. The largest absolute Gasteiger partial charge is 0.481 e. The molecule has 3 aliphatic heterocycles. The minimum Gasteiger partial charge on any atom is -0.481 e. The Bertz CT molecular complexity index is 1230. The number of aliphatic carboxylic acids is 1. The molecule has 8 heteroatoms. The van der Waals surface area contributed by atoms with Crippen molar-refractivity contribution in [2.45, 2.75) is 48.8 Å². The molecule has 2 aromatic carbocycles. The number of carbonyl (C=O) groups is 3. The van der Waals surface area contributed by atoms with Crippen molar-refractivity contribution in [2.24, 2.45) is 17.8 Å². The Kier molecular flexibility index (Phi) is 6.37. The number of nitrogens with zero attached hydrogens (tertiary/aromatic N) is 2. The highest BCUT2D eigenvalue weighted by atomic mass is 32.2. The standard InChI is InChI=1S/C28H32N2O5S/c1-4-13-29(19-10-9-17-7-5-6-8-18(17)14-19)26(33)24-28-12-11-21(36-28)22(27(34)35)23(28)25(32)30(24)20(15-31)16(2)3/h4-10,14,16,20-24,31H,1,11-13,15H2,2-3H3,(H,34,35)/t20-,21+,22-,23-,24?,28?/m0/s1. The van der Waals surface area contributed by atoms with Crippen molar-refractivity contribution in [2.75, 3.05) is 18.1 Å². The molecule has 2 unspecified atom stereocenters. The lowest BCUT2D eigenvalue weighted by molar-refractivity contribution is -0.149. The lowest BCUT2D eigenvalue weighted by Gasteiger charge is -2.40. The Balaban J connectivity index is 1.63. The number of aliphatic hydroxyl groups is 1. The molecule has 3 heterocycles. The van der Waals surface area contributed by atoms with E-state index in [0.29, 0.717) is 18.5 Å². The monoisotopic (exact) mass is 508 g/mol. The fourth-order valence-electron chi connectivity index (χ4n) is 6.57. The first-order valence-corrected chi connectivity index (χ1v) is 13.4. The van der Waals surface area contributed by atoms with Gasteiger partial charge in [-0.15, -0.1) is 18.3 Å². The van der Waals surface area contributed by atoms with E-state index >= 15 is 0 Å². The van der Waals surface area contributed by atoms with E-state index in [-0.39, 0.29) is 36.1 Å². The third-order valence-electron chi connectivity index (χ3n) is 8.19. The molecule has 3 saturated heterocycles. The van der Waals surface area contributed by atoms with Gasteiger partial charge in [-0.3, -0.25) is 14.4 Å². The van der Waals surface area contributed by atoms with E-state index in [2.05, 4.69) is 6.58 Å². The average molecular weight is 509 g/mol. The van der Waals surface area contributed by atoms with Crippen molar-refractivity contribution >= 4 is 46.0 Å². The summed E-state index contributed by atoms with van der Waals surface area (Å²) in [6.45, 7) is 7.63. The number of carboxylic acids is 1. The van der Waals surface area contributed by atoms with E-state index < -0.39 is 34.6 Å². The maximum atomic E-state index is 14.5. The molecule has 2 amide bonds. The van der Waals surface area contributed by atoms with Gasteiger partial charge in [0.15, 0.2) is 0 Å². The molecule has 0 saturated carbocycles. The zero-order valence-corrected chi connectivity index (χ0v) is 21.4. The third kappa shape index (κ3) is 3.57. The van der Waals surface area contributed by atoms with Crippen LogP contribution in [0.3, 0.4) is 0 Å². The maximum absolute atomic E-state index is 14.5. The van der Waals surface area contributed by atoms with Crippen LogP contribution in [0.1, 0.15) is 26.7 Å². The number of thioether (sulfide) groups is 1. The number of aliphatic hydroxyl groups excluding tert-OH is 1. The fourth-order valence-corrected chi connectivity index (χ4v) is 8.77. The van der Waals surface area contributed by atoms with Crippen LogP contribution >= 0.6 is 11.8 Å². The molecule has 3 aliphatic rings. The van der Waals surface area contributed by atoms with Crippen LogP contribution in [0, 0.1) is 17.8 Å². The van der Waals surface area contributed by atoms with Gasteiger partial charge in [0.2, 0.25) is 5.91 Å². The lowest BCUT2D eigenvalue weighted by atomic mass is 9.71. The summed E-state index contributed by atoms with van der Waals surface area (Å²) < 4.78 is -0.819. The van der Waals surface area contributed by atoms with Crippen molar-refractivity contribution in [3.63, 3.8) is 0 Å². The van der Waals surface area contributed by atoms with Gasteiger partial charge < -0.3 is 20.0 Å². The van der Waals surface area contributed by atoms with Crippen LogP contribution in [-0.2, 0) is 14.4 Å². The Labute approximate surface area is 215 Å². The molecule has 7 nitrogen and oxygen atoms in total. The van der Waals surface area contributed by atoms with Gasteiger partial charge in [-0.25, -0.2) is 0 Å². The number of carboxylic acid groups (broad SMARTS) is 1. The second-order valence-corrected chi connectivity index (χ2v) is 12.0. The predicted octanol–water partition coefficient (Wildman–Crippen LogP) is 3.55. The molecule has 36 heavy (non-hydrogen) atoms. The van der Waals surface area contributed by atoms with Crippen LogP contribution in [0.4, 0.5) is 5.69 Å². The fraction of sp³-hybridized carbons (Fsp3) is 0.464. The van der Waals surface area contributed by atoms with E-state index in [1.165, 1.54) is 11.8 Å². The number of benzene rings is 2. The van der Waals surface area contributed by atoms with E-state index in [4.69, 9.17) is 0 Å². The summed E-state index contributed by atoms with van der Waals surface area (Å²) >= 11 is 1.50. The summed E-state index contributed by atoms with van der Waals surface area (Å²) in [6, 6.07) is 12.3. The van der Waals surface area contributed by atoms with Crippen LogP contribution in [0.5, 0.6) is 0 Å². The Morgan fingerprint density at radius 3 is 2.61 bits per heavy atom. The summed E-state index contributed by atoms with van der Waals surface area (Å²) in [4.78, 5) is 43.9. The van der Waals surface area contributed by atoms with Crippen LogP contribution < -0.4 is 4.90 Å². The highest BCUT2D eigenvalue weighted by molar-refractivity contribution is 8.02. The number of hydrogen-bond donors (Lipinski definition) is 2. The number of amides is 2. The molecule has 0 aromatic heterocycles. The second-order valence-electron chi connectivity index (χ2n) is 10.4. The van der Waals surface area contributed by atoms with Crippen molar-refractivity contribution in [1.29, 1.82) is 0 Å². The maximum Gasteiger partial charge on any atom is 0.308 e. The molecule has 0 aliphatic carbocycles. The van der Waals surface area contributed by atoms with Crippen LogP contribution in [0.15, 0.2) is 55.1 Å². The zero-order valence-electron chi connectivity index (χ0n) is 20.5. The number of rotatable bonds is 8. The van der Waals surface area contributed by atoms with E-state index in [1.54, 1.807) is 15.9 Å². The zero-order chi connectivity index (χ0) is 25.8. The van der Waals surface area contributed by atoms with E-state index in [0.717, 1.165) is 10.8 Å². The van der Waals surface area contributed by atoms with Gasteiger partial charge in [0, 0.05) is 17.5 Å². The Morgan fingerprint density at radius 1 is 1.25 bits per heavy atom. The second kappa shape index (κ2) is 9.23. The number of hydrogen-bond acceptors (Lipinski definition) is 5. The normalized spacial score (nSPS) is 29.6. The number of likely N-dealkylation sites (tertiary alicyclic amines) is 1. The van der Waals surface area contributed by atoms with Gasteiger partial charge in [-0.05, 0) is 41.7 Å². The predicted molar refractivity (Wildman–Crippen MR) is 141 cm³/mol. The van der Waals surface area contributed by atoms with Crippen LogP contribution in [-0.4, -0.2) is 68.1 Å². The molecular formula is C28H32N2O5S. The quantitative estimate of drug-likeness (QED) is 0.530. The molecule has 190 valence electrons. The molecule has 0 radical (unpaired) electrons. The van der Waals surface area contributed by atoms with Gasteiger partial charge in [0.1, 0.15) is 6.04 Å². The van der Waals surface area contributed by atoms with E-state index in [1.807, 2.05) is 56.3 Å². The summed E-state index contributed by atoms with van der Waals surface area (Å²) in [5, 5.41) is 22.2. The minimum absolute atomic E-state index is 0.108. The number of carbonyl (C=O) groups excluding carboxylic acids is 2. The number of fused-ring (bicyclic) bond motifs is 2. The van der Waals surface area contributed by atoms with Crippen molar-refractivity contribution < 1.29 is 24.6 Å². The summed E-state index contributed by atoms with van der Waals surface area (Å²) in [7, 11) is 0. The molecule has 2 aromatic rings. The van der Waals surface area contributed by atoms with Gasteiger partial charge in [-0.2, -0.15) is 0 Å².